The normalized spacial score (nSPS) is 21.5. The van der Waals surface area contributed by atoms with Gasteiger partial charge in [0.1, 0.15) is 6.04 Å². The lowest BCUT2D eigenvalue weighted by atomic mass is 10.0. The number of benzene rings is 1. The zero-order valence-electron chi connectivity index (χ0n) is 13.5. The van der Waals surface area contributed by atoms with E-state index in [0.29, 0.717) is 24.9 Å². The summed E-state index contributed by atoms with van der Waals surface area (Å²) in [5, 5.41) is 11.5. The highest BCUT2D eigenvalue weighted by molar-refractivity contribution is 7.86. The van der Waals surface area contributed by atoms with Gasteiger partial charge in [-0.25, -0.2) is 0 Å². The van der Waals surface area contributed by atoms with Crippen LogP contribution in [0.3, 0.4) is 0 Å². The number of aliphatic carboxylic acids is 1. The van der Waals surface area contributed by atoms with Gasteiger partial charge in [0.25, 0.3) is 10.2 Å². The summed E-state index contributed by atoms with van der Waals surface area (Å²) in [5.41, 5.74) is 2.74. The monoisotopic (exact) mass is 378 g/mol. The van der Waals surface area contributed by atoms with Crippen LogP contribution in [-0.2, 0) is 34.4 Å². The minimum absolute atomic E-state index is 0.199. The Balaban J connectivity index is 1.68. The molecule has 2 aliphatic heterocycles. The van der Waals surface area contributed by atoms with Gasteiger partial charge < -0.3 is 5.11 Å². The summed E-state index contributed by atoms with van der Waals surface area (Å²) >= 11 is 1.49. The molecule has 0 saturated carbocycles. The molecule has 3 heterocycles. The number of nitrogens with zero attached hydrogens (tertiary/aromatic N) is 2. The molecule has 1 aromatic heterocycles. The number of carbonyl (C=O) groups is 1. The summed E-state index contributed by atoms with van der Waals surface area (Å²) in [5.74, 6) is -1.12. The average molecular weight is 378 g/mol. The third-order valence-corrected chi connectivity index (χ3v) is 7.82. The first-order chi connectivity index (χ1) is 12.0. The molecule has 0 aliphatic carbocycles. The van der Waals surface area contributed by atoms with Crippen LogP contribution < -0.4 is 0 Å². The van der Waals surface area contributed by atoms with Crippen LogP contribution in [0.1, 0.15) is 27.6 Å². The third-order valence-electron chi connectivity index (χ3n) is 4.87. The van der Waals surface area contributed by atoms with E-state index in [4.69, 9.17) is 0 Å². The fourth-order valence-corrected chi connectivity index (χ4v) is 6.23. The molecule has 8 heteroatoms. The largest absolute Gasteiger partial charge is 0.480 e. The van der Waals surface area contributed by atoms with Crippen molar-refractivity contribution in [1.82, 2.24) is 8.61 Å². The first-order valence-corrected chi connectivity index (χ1v) is 10.4. The Morgan fingerprint density at radius 3 is 2.64 bits per heavy atom. The standard InChI is InChI=1S/C17H18N2O4S2/c20-17(21)16-14-7-10-24-15(14)6-9-19(16)25(22,23)18-8-5-12-3-1-2-4-13(12)11-18/h1-4,7,10,16H,5-6,8-9,11H2,(H,20,21). The fourth-order valence-electron chi connectivity index (χ4n) is 3.61. The Labute approximate surface area is 150 Å². The lowest BCUT2D eigenvalue weighted by molar-refractivity contribution is -0.142. The maximum atomic E-state index is 13.2. The molecule has 1 atom stereocenters. The van der Waals surface area contributed by atoms with Crippen molar-refractivity contribution in [2.45, 2.75) is 25.4 Å². The lowest BCUT2D eigenvalue weighted by Gasteiger charge is -2.37. The number of rotatable bonds is 3. The van der Waals surface area contributed by atoms with Crippen LogP contribution in [0.25, 0.3) is 0 Å². The van der Waals surface area contributed by atoms with Crippen molar-refractivity contribution >= 4 is 27.5 Å². The highest BCUT2D eigenvalue weighted by Crippen LogP contribution is 2.36. The Morgan fingerprint density at radius 2 is 1.88 bits per heavy atom. The van der Waals surface area contributed by atoms with Gasteiger partial charge in [0.15, 0.2) is 0 Å². The van der Waals surface area contributed by atoms with Gasteiger partial charge in [-0.2, -0.15) is 17.0 Å². The summed E-state index contributed by atoms with van der Waals surface area (Å²) < 4.78 is 28.9. The Hall–Kier alpha value is -1.74. The molecular formula is C17H18N2O4S2. The van der Waals surface area contributed by atoms with Gasteiger partial charge in [0.2, 0.25) is 0 Å². The summed E-state index contributed by atoms with van der Waals surface area (Å²) in [4.78, 5) is 12.8. The SMILES string of the molecule is O=C(O)C1c2ccsc2CCN1S(=O)(=O)N1CCc2ccccc2C1. The maximum absolute atomic E-state index is 13.2. The fraction of sp³-hybridized carbons (Fsp3) is 0.353. The number of hydrogen-bond acceptors (Lipinski definition) is 4. The Bertz CT molecular complexity index is 922. The Kier molecular flexibility index (Phi) is 4.15. The highest BCUT2D eigenvalue weighted by Gasteiger charge is 2.43. The second kappa shape index (κ2) is 6.21. The number of fused-ring (bicyclic) bond motifs is 2. The van der Waals surface area contributed by atoms with E-state index >= 15 is 0 Å². The predicted molar refractivity (Wildman–Crippen MR) is 94.6 cm³/mol. The van der Waals surface area contributed by atoms with Crippen molar-refractivity contribution in [2.24, 2.45) is 0 Å². The van der Waals surface area contributed by atoms with Crippen molar-refractivity contribution in [3.8, 4) is 0 Å². The van der Waals surface area contributed by atoms with Crippen molar-refractivity contribution in [3.05, 3.63) is 57.3 Å². The third kappa shape index (κ3) is 2.79. The maximum Gasteiger partial charge on any atom is 0.326 e. The van der Waals surface area contributed by atoms with Crippen molar-refractivity contribution < 1.29 is 18.3 Å². The van der Waals surface area contributed by atoms with Crippen LogP contribution in [-0.4, -0.2) is 41.2 Å². The molecule has 132 valence electrons. The summed E-state index contributed by atoms with van der Waals surface area (Å²) in [6.45, 7) is 0.863. The molecule has 2 aromatic rings. The van der Waals surface area contributed by atoms with E-state index in [1.54, 1.807) is 6.07 Å². The van der Waals surface area contributed by atoms with Crippen molar-refractivity contribution in [3.63, 3.8) is 0 Å². The van der Waals surface area contributed by atoms with Gasteiger partial charge in [-0.1, -0.05) is 24.3 Å². The number of thiophene rings is 1. The molecule has 0 spiro atoms. The molecule has 0 radical (unpaired) electrons. The van der Waals surface area contributed by atoms with Crippen LogP contribution in [0.15, 0.2) is 35.7 Å². The highest BCUT2D eigenvalue weighted by atomic mass is 32.2. The molecule has 6 nitrogen and oxygen atoms in total. The van der Waals surface area contributed by atoms with Gasteiger partial charge in [0.05, 0.1) is 0 Å². The van der Waals surface area contributed by atoms with E-state index < -0.39 is 22.2 Å². The van der Waals surface area contributed by atoms with Crippen LogP contribution >= 0.6 is 11.3 Å². The molecule has 1 unspecified atom stereocenters. The molecule has 25 heavy (non-hydrogen) atoms. The summed E-state index contributed by atoms with van der Waals surface area (Å²) in [6.07, 6.45) is 1.20. The number of hydrogen-bond donors (Lipinski definition) is 1. The second-order valence-corrected chi connectivity index (χ2v) is 9.14. The van der Waals surface area contributed by atoms with Crippen LogP contribution in [0.5, 0.6) is 0 Å². The van der Waals surface area contributed by atoms with Gasteiger partial charge >= 0.3 is 5.97 Å². The van der Waals surface area contributed by atoms with E-state index in [0.717, 1.165) is 20.3 Å². The van der Waals surface area contributed by atoms with Gasteiger partial charge in [-0.15, -0.1) is 11.3 Å². The summed E-state index contributed by atoms with van der Waals surface area (Å²) in [7, 11) is -3.85. The zero-order chi connectivity index (χ0) is 17.6. The van der Waals surface area contributed by atoms with Crippen molar-refractivity contribution in [1.29, 1.82) is 0 Å². The molecule has 0 bridgehead atoms. The molecular weight excluding hydrogens is 360 g/mol. The molecule has 1 N–H and O–H groups in total. The molecule has 0 fully saturated rings. The zero-order valence-corrected chi connectivity index (χ0v) is 15.1. The first-order valence-electron chi connectivity index (χ1n) is 8.11. The quantitative estimate of drug-likeness (QED) is 0.887. The average Bonchev–Trinajstić information content (AvgIpc) is 3.08. The van der Waals surface area contributed by atoms with Crippen molar-refractivity contribution in [2.75, 3.05) is 13.1 Å². The topological polar surface area (TPSA) is 77.9 Å². The van der Waals surface area contributed by atoms with E-state index in [1.807, 2.05) is 29.6 Å². The predicted octanol–water partition coefficient (Wildman–Crippen LogP) is 2.04. The molecule has 1 aromatic carbocycles. The van der Waals surface area contributed by atoms with E-state index in [-0.39, 0.29) is 13.1 Å². The molecule has 0 saturated heterocycles. The summed E-state index contributed by atoms with van der Waals surface area (Å²) in [6, 6.07) is 8.37. The van der Waals surface area contributed by atoms with Crippen LogP contribution in [0.2, 0.25) is 0 Å². The van der Waals surface area contributed by atoms with E-state index in [2.05, 4.69) is 0 Å². The van der Waals surface area contributed by atoms with E-state index in [1.165, 1.54) is 15.6 Å². The van der Waals surface area contributed by atoms with Gasteiger partial charge in [-0.05, 0) is 41.0 Å². The van der Waals surface area contributed by atoms with Crippen LogP contribution in [0.4, 0.5) is 0 Å². The van der Waals surface area contributed by atoms with Gasteiger partial charge in [0, 0.05) is 24.5 Å². The second-order valence-electron chi connectivity index (χ2n) is 6.26. The molecule has 0 amide bonds. The van der Waals surface area contributed by atoms with Gasteiger partial charge in [-0.3, -0.25) is 4.79 Å². The molecule has 4 rings (SSSR count). The lowest BCUT2D eigenvalue weighted by Crippen LogP contribution is -2.50. The number of carboxylic acid groups (broad SMARTS) is 1. The minimum atomic E-state index is -3.85. The minimum Gasteiger partial charge on any atom is -0.480 e. The Morgan fingerprint density at radius 1 is 1.12 bits per heavy atom. The molecule has 2 aliphatic rings. The van der Waals surface area contributed by atoms with Crippen LogP contribution in [0, 0.1) is 0 Å². The smallest absolute Gasteiger partial charge is 0.326 e. The van der Waals surface area contributed by atoms with E-state index in [9.17, 15) is 18.3 Å². The first kappa shape index (κ1) is 16.7. The number of carboxylic acids is 1.